The van der Waals surface area contributed by atoms with E-state index in [4.69, 9.17) is 9.47 Å². The molecular formula is C52H61N3O8S2. The summed E-state index contributed by atoms with van der Waals surface area (Å²) < 4.78 is 12.0. The molecule has 0 saturated heterocycles. The van der Waals surface area contributed by atoms with Crippen molar-refractivity contribution in [2.24, 2.45) is 5.92 Å². The summed E-state index contributed by atoms with van der Waals surface area (Å²) in [5.41, 5.74) is 7.02. The zero-order valence-electron chi connectivity index (χ0n) is 37.5. The summed E-state index contributed by atoms with van der Waals surface area (Å²) in [6.07, 6.45) is 4.87. The van der Waals surface area contributed by atoms with Gasteiger partial charge < -0.3 is 45.3 Å². The van der Waals surface area contributed by atoms with Crippen molar-refractivity contribution in [3.05, 3.63) is 147 Å². The SMILES string of the molecule is CCc1ccc2ccccc2c1Cc1c(C[C@H](Cc2cc[nH]c2)[C@H](O)CC(=O)[C@H](Cc2ccc(O)c3c2CSSC[C@](C)(O)CNCO3)c2cc(O)cc(CNC)c2)ccc(O)c1OC. The van der Waals surface area contributed by atoms with E-state index in [0.29, 0.717) is 60.9 Å². The summed E-state index contributed by atoms with van der Waals surface area (Å²) in [6, 6.07) is 26.7. The maximum atomic E-state index is 15.1. The van der Waals surface area contributed by atoms with Crippen molar-refractivity contribution in [2.45, 2.75) is 82.3 Å². The summed E-state index contributed by atoms with van der Waals surface area (Å²) >= 11 is 0. The van der Waals surface area contributed by atoms with E-state index in [9.17, 15) is 25.5 Å². The van der Waals surface area contributed by atoms with Crippen LogP contribution in [0.4, 0.5) is 0 Å². The first kappa shape index (κ1) is 47.8. The minimum Gasteiger partial charge on any atom is -0.508 e. The second kappa shape index (κ2) is 21.9. The van der Waals surface area contributed by atoms with Crippen molar-refractivity contribution in [2.75, 3.05) is 33.2 Å². The highest BCUT2D eigenvalue weighted by Gasteiger charge is 2.32. The smallest absolute Gasteiger partial charge is 0.167 e. The number of aromatic nitrogens is 1. The van der Waals surface area contributed by atoms with Gasteiger partial charge in [0, 0.05) is 66.9 Å². The predicted molar refractivity (Wildman–Crippen MR) is 261 cm³/mol. The number of Topliss-reactive ketones (excluding diaryl/α,β-unsaturated/α-hetero) is 1. The number of ether oxygens (including phenoxy) is 2. The number of benzene rings is 5. The average Bonchev–Trinajstić information content (AvgIpc) is 3.79. The van der Waals surface area contributed by atoms with Crippen molar-refractivity contribution < 1.29 is 39.8 Å². The van der Waals surface area contributed by atoms with Crippen LogP contribution in [0.15, 0.2) is 97.3 Å². The Labute approximate surface area is 389 Å². The zero-order chi connectivity index (χ0) is 46.1. The molecule has 7 rings (SSSR count). The number of aryl methyl sites for hydroxylation is 1. The van der Waals surface area contributed by atoms with Gasteiger partial charge in [0.05, 0.1) is 18.8 Å². The van der Waals surface area contributed by atoms with Crippen LogP contribution in [-0.4, -0.2) is 81.2 Å². The molecule has 344 valence electrons. The van der Waals surface area contributed by atoms with Crippen LogP contribution in [0.3, 0.4) is 0 Å². The number of rotatable bonds is 17. The number of aliphatic hydroxyl groups excluding tert-OH is 1. The second-order valence-electron chi connectivity index (χ2n) is 17.3. The number of phenols is 3. The lowest BCUT2D eigenvalue weighted by molar-refractivity contribution is -0.123. The molecule has 1 aliphatic heterocycles. The van der Waals surface area contributed by atoms with Gasteiger partial charge in [-0.15, -0.1) is 0 Å². The number of aromatic amines is 1. The average molecular weight is 920 g/mol. The first-order valence-electron chi connectivity index (χ1n) is 22.2. The van der Waals surface area contributed by atoms with Gasteiger partial charge in [-0.2, -0.15) is 0 Å². The standard InChI is InChI=1S/C52H61N3O8S2/c1-5-34-10-11-35-8-6-7-9-41(35)42(34)24-44-36(12-14-46(57)50(44)62-4)21-39(18-32-16-17-54-27-32)48(59)25-49(60)43(38-19-33(26-53-3)20-40(56)22-38)23-37-13-15-47(58)51-45(37)28-64-65-30-52(2,61)29-55-31-63-51/h6-17,19-20,22,27,39,43,48,53-59,61H,5,18,21,23-26,28-31H2,1-4H3/t39-,43+,48+,52+/m0/s1. The summed E-state index contributed by atoms with van der Waals surface area (Å²) in [5.74, 6) is 0.211. The second-order valence-corrected chi connectivity index (χ2v) is 19.8. The number of aliphatic hydroxyl groups is 2. The van der Waals surface area contributed by atoms with E-state index in [1.54, 1.807) is 38.3 Å². The van der Waals surface area contributed by atoms with Crippen LogP contribution in [0.5, 0.6) is 28.7 Å². The van der Waals surface area contributed by atoms with Gasteiger partial charge >= 0.3 is 0 Å². The molecule has 11 nitrogen and oxygen atoms in total. The molecule has 65 heavy (non-hydrogen) atoms. The monoisotopic (exact) mass is 919 g/mol. The van der Waals surface area contributed by atoms with Crippen LogP contribution in [0.2, 0.25) is 0 Å². The quantitative estimate of drug-likeness (QED) is 0.0411. The Morgan fingerprint density at radius 3 is 2.46 bits per heavy atom. The number of H-pyrrole nitrogens is 1. The zero-order valence-corrected chi connectivity index (χ0v) is 39.2. The molecule has 1 aromatic heterocycles. The van der Waals surface area contributed by atoms with Crippen LogP contribution in [-0.2, 0) is 49.2 Å². The van der Waals surface area contributed by atoms with Gasteiger partial charge in [0.1, 0.15) is 18.3 Å². The number of carbonyl (C=O) groups excluding carboxylic acids is 1. The third-order valence-corrected chi connectivity index (χ3v) is 14.9. The lowest BCUT2D eigenvalue weighted by Crippen LogP contribution is -2.41. The van der Waals surface area contributed by atoms with Crippen LogP contribution in [0.1, 0.15) is 76.3 Å². The van der Waals surface area contributed by atoms with Crippen molar-refractivity contribution in [3.8, 4) is 28.7 Å². The Morgan fingerprint density at radius 2 is 1.69 bits per heavy atom. The Hall–Kier alpha value is -5.15. The fourth-order valence-corrected chi connectivity index (χ4v) is 11.6. The predicted octanol–water partition coefficient (Wildman–Crippen LogP) is 8.49. The molecule has 0 saturated carbocycles. The lowest BCUT2D eigenvalue weighted by Gasteiger charge is -2.27. The number of fused-ring (bicyclic) bond motifs is 2. The molecular weight excluding hydrogens is 859 g/mol. The molecule has 0 amide bonds. The van der Waals surface area contributed by atoms with Gasteiger partial charge in [-0.05, 0) is 126 Å². The Balaban J connectivity index is 1.25. The van der Waals surface area contributed by atoms with Gasteiger partial charge in [-0.3, -0.25) is 10.1 Å². The summed E-state index contributed by atoms with van der Waals surface area (Å²) in [6.45, 7) is 4.73. The Bertz CT molecular complexity index is 2560. The molecule has 5 aromatic carbocycles. The number of hydrogen-bond acceptors (Lipinski definition) is 12. The van der Waals surface area contributed by atoms with Crippen molar-refractivity contribution >= 4 is 38.1 Å². The van der Waals surface area contributed by atoms with Gasteiger partial charge in [-0.25, -0.2) is 0 Å². The molecule has 0 fully saturated rings. The number of aromatic hydroxyl groups is 3. The summed E-state index contributed by atoms with van der Waals surface area (Å²) in [4.78, 5) is 18.2. The first-order chi connectivity index (χ1) is 31.4. The van der Waals surface area contributed by atoms with Crippen LogP contribution in [0, 0.1) is 5.92 Å². The number of ketones is 1. The maximum absolute atomic E-state index is 15.1. The molecule has 1 aliphatic rings. The maximum Gasteiger partial charge on any atom is 0.167 e. The fraction of sp³-hybridized carbons (Fsp3) is 0.365. The number of phenolic OH excluding ortho intramolecular Hbond substituents is 3. The third kappa shape index (κ3) is 11.8. The molecule has 13 heteroatoms. The van der Waals surface area contributed by atoms with Gasteiger partial charge in [0.25, 0.3) is 0 Å². The van der Waals surface area contributed by atoms with Crippen molar-refractivity contribution in [1.29, 1.82) is 0 Å². The summed E-state index contributed by atoms with van der Waals surface area (Å²) in [7, 11) is 6.43. The topological polar surface area (TPSA) is 177 Å². The van der Waals surface area contributed by atoms with Crippen LogP contribution < -0.4 is 20.1 Å². The molecule has 8 N–H and O–H groups in total. The Morgan fingerprint density at radius 1 is 0.908 bits per heavy atom. The highest BCUT2D eigenvalue weighted by atomic mass is 33.1. The van der Waals surface area contributed by atoms with E-state index < -0.39 is 23.5 Å². The molecule has 6 aromatic rings. The summed E-state index contributed by atoms with van der Waals surface area (Å²) in [5, 5.41) is 65.0. The number of carbonyl (C=O) groups is 1. The van der Waals surface area contributed by atoms with Gasteiger partial charge in [-0.1, -0.05) is 83.1 Å². The minimum atomic E-state index is -1.09. The number of hydrogen-bond donors (Lipinski definition) is 8. The van der Waals surface area contributed by atoms with Crippen molar-refractivity contribution in [1.82, 2.24) is 15.6 Å². The lowest BCUT2D eigenvalue weighted by atomic mass is 9.80. The molecule has 2 heterocycles. The highest BCUT2D eigenvalue weighted by molar-refractivity contribution is 8.76. The highest BCUT2D eigenvalue weighted by Crippen LogP contribution is 2.42. The number of β-amino-alcohol motifs (C(OH)–C–C–N with tert-alkyl or cyclic N) is 1. The molecule has 4 atom stereocenters. The van der Waals surface area contributed by atoms with E-state index in [0.717, 1.165) is 56.1 Å². The third-order valence-electron chi connectivity index (χ3n) is 12.4. The van der Waals surface area contributed by atoms with E-state index in [1.165, 1.54) is 27.2 Å². The number of nitrogens with one attached hydrogen (secondary N) is 3. The first-order valence-corrected chi connectivity index (χ1v) is 24.7. The van der Waals surface area contributed by atoms with Crippen molar-refractivity contribution in [3.63, 3.8) is 0 Å². The van der Waals surface area contributed by atoms with E-state index >= 15 is 4.79 Å². The van der Waals surface area contributed by atoms with E-state index in [1.807, 2.05) is 55.8 Å². The largest absolute Gasteiger partial charge is 0.508 e. The van der Waals surface area contributed by atoms with E-state index in [2.05, 4.69) is 46.8 Å². The molecule has 0 unspecified atom stereocenters. The Kier molecular flexibility index (Phi) is 16.1. The van der Waals surface area contributed by atoms with Gasteiger partial charge in [0.2, 0.25) is 0 Å². The van der Waals surface area contributed by atoms with Crippen LogP contribution >= 0.6 is 21.6 Å². The molecule has 0 bridgehead atoms. The molecule has 0 aliphatic carbocycles. The molecule has 0 radical (unpaired) electrons. The van der Waals surface area contributed by atoms with Crippen LogP contribution in [0.25, 0.3) is 10.8 Å². The minimum absolute atomic E-state index is 0.0288. The van der Waals surface area contributed by atoms with E-state index in [-0.39, 0.29) is 42.6 Å². The molecule has 0 spiro atoms. The van der Waals surface area contributed by atoms with Gasteiger partial charge in [0.15, 0.2) is 23.0 Å². The fourth-order valence-electron chi connectivity index (χ4n) is 9.07. The normalized spacial score (nSPS) is 17.1. The number of methoxy groups -OCH3 is 1.